The van der Waals surface area contributed by atoms with E-state index in [4.69, 9.17) is 9.90 Å². The van der Waals surface area contributed by atoms with Crippen molar-refractivity contribution in [3.8, 4) is 0 Å². The van der Waals surface area contributed by atoms with Crippen LogP contribution in [0.3, 0.4) is 0 Å². The van der Waals surface area contributed by atoms with Gasteiger partial charge < -0.3 is 9.90 Å². The number of carboxylic acid groups (broad SMARTS) is 1. The van der Waals surface area contributed by atoms with Gasteiger partial charge in [-0.2, -0.15) is 0 Å². The zero-order valence-electron chi connectivity index (χ0n) is 7.05. The van der Waals surface area contributed by atoms with Crippen molar-refractivity contribution in [2.45, 2.75) is 32.6 Å². The van der Waals surface area contributed by atoms with Gasteiger partial charge >= 0.3 is 29.6 Å². The molecule has 0 saturated heterocycles. The Hall–Kier alpha value is 0.140. The largest absolute Gasteiger partial charge is 1.00 e. The van der Waals surface area contributed by atoms with E-state index in [0.29, 0.717) is 5.78 Å². The van der Waals surface area contributed by atoms with E-state index in [1.165, 1.54) is 0 Å². The maximum absolute atomic E-state index is 10.2. The van der Waals surface area contributed by atoms with Crippen LogP contribution < -0.4 is 34.7 Å². The predicted octanol–water partition coefficient (Wildman–Crippen LogP) is -3.11. The zero-order valence-corrected chi connectivity index (χ0v) is 9.05. The molecular formula is C7H11NaO3. The van der Waals surface area contributed by atoms with Crippen molar-refractivity contribution in [2.24, 2.45) is 0 Å². The van der Waals surface area contributed by atoms with Gasteiger partial charge in [0.25, 0.3) is 0 Å². The van der Waals surface area contributed by atoms with E-state index in [0.717, 1.165) is 32.6 Å². The molecule has 0 aromatic carbocycles. The third-order valence-corrected chi connectivity index (χ3v) is 1.16. The molecule has 0 atom stereocenters. The normalized spacial score (nSPS) is 14.5. The topological polar surface area (TPSA) is 57.2 Å². The Bertz CT molecular complexity index is 122. The molecule has 1 fully saturated rings. The molecule has 0 radical (unpaired) electrons. The van der Waals surface area contributed by atoms with Crippen molar-refractivity contribution in [3.05, 3.63) is 0 Å². The second-order valence-electron chi connectivity index (χ2n) is 2.24. The number of ketones is 1. The Balaban J connectivity index is 0. The molecule has 0 bridgehead atoms. The summed E-state index contributed by atoms with van der Waals surface area (Å²) in [5.41, 5.74) is 0. The third-order valence-electron chi connectivity index (χ3n) is 1.16. The van der Waals surface area contributed by atoms with Crippen LogP contribution in [0, 0.1) is 0 Å². The Labute approximate surface area is 88.5 Å². The second-order valence-corrected chi connectivity index (χ2v) is 2.24. The molecule has 0 unspecified atom stereocenters. The molecule has 3 nitrogen and oxygen atoms in total. The summed E-state index contributed by atoms with van der Waals surface area (Å²) in [6.07, 6.45) is 3.97. The van der Waals surface area contributed by atoms with Gasteiger partial charge in [0, 0.05) is 18.8 Å². The molecule has 0 aromatic rings. The number of aliphatic carboxylic acids is 1. The van der Waals surface area contributed by atoms with Gasteiger partial charge in [-0.15, -0.1) is 0 Å². The molecule has 1 saturated carbocycles. The van der Waals surface area contributed by atoms with E-state index in [1.807, 2.05) is 0 Å². The average molecular weight is 166 g/mol. The summed E-state index contributed by atoms with van der Waals surface area (Å²) in [4.78, 5) is 19.1. The van der Waals surface area contributed by atoms with Gasteiger partial charge in [-0.25, -0.2) is 0 Å². The maximum atomic E-state index is 10.2. The van der Waals surface area contributed by atoms with Gasteiger partial charge in [-0.3, -0.25) is 4.79 Å². The van der Waals surface area contributed by atoms with Gasteiger partial charge in [-0.1, -0.05) is 0 Å². The number of rotatable bonds is 0. The molecule has 1 aliphatic rings. The van der Waals surface area contributed by atoms with Crippen LogP contribution in [0.4, 0.5) is 0 Å². The summed E-state index contributed by atoms with van der Waals surface area (Å²) in [6.45, 7) is 0.972. The first-order valence-electron chi connectivity index (χ1n) is 3.32. The first kappa shape index (κ1) is 13.7. The van der Waals surface area contributed by atoms with E-state index < -0.39 is 5.97 Å². The fraction of sp³-hybridized carbons (Fsp3) is 0.714. The molecule has 11 heavy (non-hydrogen) atoms. The molecule has 0 heterocycles. The fourth-order valence-electron chi connectivity index (χ4n) is 0.769. The Morgan fingerprint density at radius 2 is 1.64 bits per heavy atom. The monoisotopic (exact) mass is 166 g/mol. The van der Waals surface area contributed by atoms with Crippen LogP contribution in [-0.2, 0) is 9.59 Å². The smallest absolute Gasteiger partial charge is 0.550 e. The van der Waals surface area contributed by atoms with E-state index in [2.05, 4.69) is 0 Å². The number of carbonyl (C=O) groups is 2. The Morgan fingerprint density at radius 1 is 1.36 bits per heavy atom. The summed E-state index contributed by atoms with van der Waals surface area (Å²) in [7, 11) is 0. The van der Waals surface area contributed by atoms with Gasteiger partial charge in [0.05, 0.1) is 0 Å². The van der Waals surface area contributed by atoms with E-state index >= 15 is 0 Å². The van der Waals surface area contributed by atoms with E-state index in [9.17, 15) is 4.79 Å². The number of carboxylic acids is 1. The minimum absolute atomic E-state index is 0. The molecule has 1 rings (SSSR count). The molecular weight excluding hydrogens is 155 g/mol. The predicted molar refractivity (Wildman–Crippen MR) is 34.2 cm³/mol. The number of Topliss-reactive ketones (excluding diaryl/α,β-unsaturated/α-hetero) is 1. The van der Waals surface area contributed by atoms with Crippen molar-refractivity contribution < 1.29 is 44.3 Å². The molecule has 0 amide bonds. The van der Waals surface area contributed by atoms with Gasteiger partial charge in [-0.05, 0) is 19.8 Å². The van der Waals surface area contributed by atoms with Gasteiger partial charge in [0.15, 0.2) is 0 Å². The van der Waals surface area contributed by atoms with Crippen molar-refractivity contribution in [2.75, 3.05) is 0 Å². The van der Waals surface area contributed by atoms with Crippen LogP contribution in [0.1, 0.15) is 32.6 Å². The number of hydrogen-bond donors (Lipinski definition) is 0. The average Bonchev–Trinajstić information content (AvgIpc) is 2.15. The zero-order chi connectivity index (χ0) is 7.98. The van der Waals surface area contributed by atoms with Crippen molar-refractivity contribution in [1.29, 1.82) is 0 Å². The molecule has 0 spiro atoms. The fourth-order valence-corrected chi connectivity index (χ4v) is 0.769. The summed E-state index contributed by atoms with van der Waals surface area (Å²) in [5.74, 6) is -0.630. The summed E-state index contributed by atoms with van der Waals surface area (Å²) in [6, 6.07) is 0. The van der Waals surface area contributed by atoms with E-state index in [1.54, 1.807) is 0 Å². The molecule has 4 heteroatoms. The maximum Gasteiger partial charge on any atom is 1.00 e. The minimum atomic E-state index is -1.08. The Morgan fingerprint density at radius 3 is 1.73 bits per heavy atom. The van der Waals surface area contributed by atoms with Crippen LogP contribution in [0.25, 0.3) is 0 Å². The second kappa shape index (κ2) is 8.24. The van der Waals surface area contributed by atoms with Crippen LogP contribution in [0.2, 0.25) is 0 Å². The van der Waals surface area contributed by atoms with Crippen molar-refractivity contribution >= 4 is 11.8 Å². The van der Waals surface area contributed by atoms with Crippen LogP contribution in [0.5, 0.6) is 0 Å². The number of carbonyl (C=O) groups excluding carboxylic acids is 2. The SMILES string of the molecule is CC(=O)[O-].O=C1CCCC1.[Na+]. The standard InChI is InChI=1S/C5H8O.C2H4O2.Na/c6-5-3-1-2-4-5;1-2(3)4;/h1-4H2;1H3,(H,3,4);/q;;+1/p-1. The van der Waals surface area contributed by atoms with Gasteiger partial charge in [0.2, 0.25) is 0 Å². The minimum Gasteiger partial charge on any atom is -0.550 e. The van der Waals surface area contributed by atoms with Crippen LogP contribution in [-0.4, -0.2) is 11.8 Å². The van der Waals surface area contributed by atoms with Crippen LogP contribution >= 0.6 is 0 Å². The number of hydrogen-bond acceptors (Lipinski definition) is 3. The molecule has 0 aromatic heterocycles. The molecule has 0 aliphatic heterocycles. The van der Waals surface area contributed by atoms with Crippen LogP contribution in [0.15, 0.2) is 0 Å². The van der Waals surface area contributed by atoms with Crippen molar-refractivity contribution in [1.82, 2.24) is 0 Å². The quantitative estimate of drug-likeness (QED) is 0.358. The molecule has 0 N–H and O–H groups in total. The first-order valence-corrected chi connectivity index (χ1v) is 3.32. The van der Waals surface area contributed by atoms with Crippen molar-refractivity contribution in [3.63, 3.8) is 0 Å². The van der Waals surface area contributed by atoms with E-state index in [-0.39, 0.29) is 29.6 Å². The molecule has 1 aliphatic carbocycles. The summed E-state index contributed by atoms with van der Waals surface area (Å²) in [5, 5.41) is 8.89. The third kappa shape index (κ3) is 13.2. The first-order chi connectivity index (χ1) is 4.63. The Kier molecular flexibility index (Phi) is 10.3. The van der Waals surface area contributed by atoms with Gasteiger partial charge in [0.1, 0.15) is 5.78 Å². The molecule has 58 valence electrons. The summed E-state index contributed by atoms with van der Waals surface area (Å²) < 4.78 is 0. The summed E-state index contributed by atoms with van der Waals surface area (Å²) >= 11 is 0.